The van der Waals surface area contributed by atoms with Crippen LogP contribution in [0.25, 0.3) is 16.7 Å². The minimum absolute atomic E-state index is 0.185. The number of carbonyl (C=O) groups is 1. The summed E-state index contributed by atoms with van der Waals surface area (Å²) in [6.07, 6.45) is 0. The molecule has 0 aliphatic heterocycles. The van der Waals surface area contributed by atoms with Gasteiger partial charge in [0.1, 0.15) is 16.8 Å². The summed E-state index contributed by atoms with van der Waals surface area (Å²) in [5.41, 5.74) is 3.49. The minimum Gasteiger partial charge on any atom is -0.493 e. The normalized spacial score (nSPS) is 10.6. The molecule has 0 aliphatic rings. The molecule has 0 unspecified atom stereocenters. The molecular weight excluding hydrogens is 478 g/mol. The average Bonchev–Trinajstić information content (AvgIpc) is 3.19. The van der Waals surface area contributed by atoms with Gasteiger partial charge in [0.05, 0.1) is 16.8 Å². The molecule has 1 heterocycles. The Bertz CT molecular complexity index is 1260. The number of para-hydroxylation sites is 1. The van der Waals surface area contributed by atoms with Crippen LogP contribution >= 0.6 is 28.1 Å². The van der Waals surface area contributed by atoms with Crippen molar-refractivity contribution in [2.45, 2.75) is 6.92 Å². The number of fused-ring (bicyclic) bond motifs is 1. The van der Waals surface area contributed by atoms with E-state index in [2.05, 4.69) is 36.8 Å². The second-order valence-electron chi connectivity index (χ2n) is 6.51. The van der Waals surface area contributed by atoms with Gasteiger partial charge in [0, 0.05) is 11.3 Å². The molecule has 0 saturated heterocycles. The number of carbonyl (C=O) groups excluding carboxylic acids is 1. The number of halogens is 1. The summed E-state index contributed by atoms with van der Waals surface area (Å²) in [6, 6.07) is 20.3. The van der Waals surface area contributed by atoms with Crippen molar-refractivity contribution >= 4 is 55.9 Å². The molecule has 0 bridgehead atoms. The molecule has 4 aromatic rings. The van der Waals surface area contributed by atoms with Gasteiger partial charge in [-0.1, -0.05) is 18.2 Å². The molecular formula is C22H18BrN5O2S. The monoisotopic (exact) mass is 495 g/mol. The molecule has 7 nitrogen and oxygen atoms in total. The molecule has 0 aliphatic carbocycles. The molecule has 1 aromatic heterocycles. The summed E-state index contributed by atoms with van der Waals surface area (Å²) in [4.78, 5) is 14.1. The molecule has 3 aromatic carbocycles. The molecule has 0 saturated carbocycles. The summed E-state index contributed by atoms with van der Waals surface area (Å²) >= 11 is 8.71. The Balaban J connectivity index is 1.44. The lowest BCUT2D eigenvalue weighted by atomic mass is 10.2. The van der Waals surface area contributed by atoms with Gasteiger partial charge in [-0.25, -0.2) is 0 Å². The van der Waals surface area contributed by atoms with Crippen LogP contribution in [0.1, 0.15) is 17.3 Å². The maximum Gasteiger partial charge on any atom is 0.257 e. The van der Waals surface area contributed by atoms with E-state index in [9.17, 15) is 4.79 Å². The first-order valence-electron chi connectivity index (χ1n) is 9.50. The van der Waals surface area contributed by atoms with Gasteiger partial charge in [-0.15, -0.1) is 10.2 Å². The van der Waals surface area contributed by atoms with E-state index in [1.54, 1.807) is 23.0 Å². The van der Waals surface area contributed by atoms with Gasteiger partial charge < -0.3 is 10.1 Å². The first-order valence-corrected chi connectivity index (χ1v) is 10.7. The largest absolute Gasteiger partial charge is 0.493 e. The molecule has 0 spiro atoms. The Labute approximate surface area is 192 Å². The van der Waals surface area contributed by atoms with Crippen LogP contribution in [-0.4, -0.2) is 32.6 Å². The summed E-state index contributed by atoms with van der Waals surface area (Å²) in [6.45, 7) is 2.44. The van der Waals surface area contributed by atoms with Crippen LogP contribution < -0.4 is 15.4 Å². The third-order valence-electron chi connectivity index (χ3n) is 4.35. The standard InChI is InChI=1S/C22H18BrN5O2S/c1-2-30-20-11-8-14(12-17(20)23)21(29)25-22(31)24-15-9-10-18-19(13-15)27-28(26-18)16-6-4-3-5-7-16/h3-13H,2H2,1H3,(H2,24,25,29,31). The Morgan fingerprint density at radius 3 is 2.58 bits per heavy atom. The number of amides is 1. The number of benzene rings is 3. The zero-order valence-corrected chi connectivity index (χ0v) is 18.9. The van der Waals surface area contributed by atoms with E-state index in [1.165, 1.54) is 0 Å². The van der Waals surface area contributed by atoms with E-state index in [0.717, 1.165) is 11.2 Å². The van der Waals surface area contributed by atoms with E-state index in [-0.39, 0.29) is 11.0 Å². The minimum atomic E-state index is -0.322. The van der Waals surface area contributed by atoms with Gasteiger partial charge in [0.25, 0.3) is 5.91 Å². The van der Waals surface area contributed by atoms with E-state index >= 15 is 0 Å². The fourth-order valence-corrected chi connectivity index (χ4v) is 3.63. The highest BCUT2D eigenvalue weighted by atomic mass is 79.9. The molecule has 0 fully saturated rings. The third kappa shape index (κ3) is 4.89. The first kappa shape index (κ1) is 21.0. The van der Waals surface area contributed by atoms with Crippen LogP contribution in [0, 0.1) is 0 Å². The van der Waals surface area contributed by atoms with Gasteiger partial charge >= 0.3 is 0 Å². The zero-order valence-electron chi connectivity index (χ0n) is 16.5. The summed E-state index contributed by atoms with van der Waals surface area (Å²) < 4.78 is 6.17. The van der Waals surface area contributed by atoms with Crippen molar-refractivity contribution in [3.63, 3.8) is 0 Å². The number of thiocarbonyl (C=S) groups is 1. The van der Waals surface area contributed by atoms with Gasteiger partial charge in [0.2, 0.25) is 0 Å². The molecule has 1 amide bonds. The SMILES string of the molecule is CCOc1ccc(C(=O)NC(=S)Nc2ccc3nn(-c4ccccc4)nc3c2)cc1Br. The first-order chi connectivity index (χ1) is 15.0. The number of hydrogen-bond donors (Lipinski definition) is 2. The van der Waals surface area contributed by atoms with Crippen LogP contribution in [-0.2, 0) is 0 Å². The molecule has 0 radical (unpaired) electrons. The molecule has 9 heteroatoms. The van der Waals surface area contributed by atoms with Crippen molar-refractivity contribution in [1.29, 1.82) is 0 Å². The lowest BCUT2D eigenvalue weighted by molar-refractivity contribution is 0.0977. The van der Waals surface area contributed by atoms with Crippen LogP contribution in [0.4, 0.5) is 5.69 Å². The summed E-state index contributed by atoms with van der Waals surface area (Å²) in [5.74, 6) is 0.356. The summed E-state index contributed by atoms with van der Waals surface area (Å²) in [5, 5.41) is 14.9. The molecule has 31 heavy (non-hydrogen) atoms. The molecule has 0 atom stereocenters. The van der Waals surface area contributed by atoms with Gasteiger partial charge in [0.15, 0.2) is 5.11 Å². The fourth-order valence-electron chi connectivity index (χ4n) is 2.92. The highest BCUT2D eigenvalue weighted by molar-refractivity contribution is 9.10. The number of aromatic nitrogens is 3. The average molecular weight is 496 g/mol. The van der Waals surface area contributed by atoms with Gasteiger partial charge in [-0.05, 0) is 83.6 Å². The van der Waals surface area contributed by atoms with Crippen molar-refractivity contribution in [3.05, 3.63) is 76.8 Å². The zero-order chi connectivity index (χ0) is 21.8. The lowest BCUT2D eigenvalue weighted by Crippen LogP contribution is -2.34. The number of rotatable bonds is 5. The predicted octanol–water partition coefficient (Wildman–Crippen LogP) is 4.71. The number of nitrogens with one attached hydrogen (secondary N) is 2. The van der Waals surface area contributed by atoms with E-state index in [4.69, 9.17) is 17.0 Å². The number of hydrogen-bond acceptors (Lipinski definition) is 5. The molecule has 4 rings (SSSR count). The fraction of sp³-hybridized carbons (Fsp3) is 0.0909. The molecule has 2 N–H and O–H groups in total. The maximum atomic E-state index is 12.5. The van der Waals surface area contributed by atoms with Crippen LogP contribution in [0.15, 0.2) is 71.2 Å². The Kier molecular flexibility index (Phi) is 6.24. The van der Waals surface area contributed by atoms with Crippen LogP contribution in [0.5, 0.6) is 5.75 Å². The van der Waals surface area contributed by atoms with Crippen molar-refractivity contribution in [2.75, 3.05) is 11.9 Å². The van der Waals surface area contributed by atoms with Crippen molar-refractivity contribution in [1.82, 2.24) is 20.3 Å². The lowest BCUT2D eigenvalue weighted by Gasteiger charge is -2.11. The Morgan fingerprint density at radius 2 is 1.84 bits per heavy atom. The second kappa shape index (κ2) is 9.23. The van der Waals surface area contributed by atoms with Crippen molar-refractivity contribution in [2.24, 2.45) is 0 Å². The van der Waals surface area contributed by atoms with Crippen molar-refractivity contribution < 1.29 is 9.53 Å². The van der Waals surface area contributed by atoms with E-state index in [0.29, 0.717) is 33.6 Å². The third-order valence-corrected chi connectivity index (χ3v) is 5.17. The Morgan fingerprint density at radius 1 is 1.06 bits per heavy atom. The topological polar surface area (TPSA) is 81.1 Å². The predicted molar refractivity (Wildman–Crippen MR) is 128 cm³/mol. The second-order valence-corrected chi connectivity index (χ2v) is 7.78. The quantitative estimate of drug-likeness (QED) is 0.390. The smallest absolute Gasteiger partial charge is 0.257 e. The highest BCUT2D eigenvalue weighted by Gasteiger charge is 2.12. The number of anilines is 1. The highest BCUT2D eigenvalue weighted by Crippen LogP contribution is 2.26. The van der Waals surface area contributed by atoms with Gasteiger partial charge in [-0.2, -0.15) is 4.80 Å². The maximum absolute atomic E-state index is 12.5. The molecule has 156 valence electrons. The number of nitrogens with zero attached hydrogens (tertiary/aromatic N) is 3. The van der Waals surface area contributed by atoms with Crippen LogP contribution in [0.2, 0.25) is 0 Å². The summed E-state index contributed by atoms with van der Waals surface area (Å²) in [7, 11) is 0. The van der Waals surface area contributed by atoms with E-state index < -0.39 is 0 Å². The number of ether oxygens (including phenoxy) is 1. The van der Waals surface area contributed by atoms with Gasteiger partial charge in [-0.3, -0.25) is 10.1 Å². The van der Waals surface area contributed by atoms with E-state index in [1.807, 2.05) is 55.5 Å². The van der Waals surface area contributed by atoms with Crippen LogP contribution in [0.3, 0.4) is 0 Å². The van der Waals surface area contributed by atoms with Crippen molar-refractivity contribution in [3.8, 4) is 11.4 Å². The Hall–Kier alpha value is -3.30.